The average molecular weight is 462 g/mol. The van der Waals surface area contributed by atoms with Crippen molar-refractivity contribution in [3.05, 3.63) is 34.0 Å². The van der Waals surface area contributed by atoms with Crippen molar-refractivity contribution in [1.82, 2.24) is 9.99 Å². The van der Waals surface area contributed by atoms with Crippen molar-refractivity contribution >= 4 is 20.0 Å². The zero-order valence-corrected chi connectivity index (χ0v) is 22.1. The first-order valence-corrected chi connectivity index (χ1v) is 12.9. The highest BCUT2D eigenvalue weighted by atomic mass is 31.2. The zero-order chi connectivity index (χ0) is 24.0. The summed E-state index contributed by atoms with van der Waals surface area (Å²) in [6.45, 7) is 20.2. The summed E-state index contributed by atoms with van der Waals surface area (Å²) in [7, 11) is -1.15. The number of amidine groups is 1. The van der Waals surface area contributed by atoms with Crippen LogP contribution in [0.15, 0.2) is 39.0 Å². The van der Waals surface area contributed by atoms with Crippen LogP contribution < -0.4 is 5.09 Å². The summed E-state index contributed by atoms with van der Waals surface area (Å²) in [5.41, 5.74) is 2.37. The van der Waals surface area contributed by atoms with E-state index >= 15 is 0 Å². The summed E-state index contributed by atoms with van der Waals surface area (Å²) in [5, 5.41) is 15.8. The first-order chi connectivity index (χ1) is 14.7. The van der Waals surface area contributed by atoms with E-state index in [1.165, 1.54) is 5.57 Å². The molecule has 7 heteroatoms. The maximum absolute atomic E-state index is 13.7. The van der Waals surface area contributed by atoms with Gasteiger partial charge in [-0.05, 0) is 49.5 Å². The minimum atomic E-state index is -1.15. The molecule has 3 rings (SSSR count). The normalized spacial score (nSPS) is 26.8. The van der Waals surface area contributed by atoms with Crippen LogP contribution in [-0.2, 0) is 9.32 Å². The van der Waals surface area contributed by atoms with Crippen LogP contribution >= 0.6 is 8.30 Å². The summed E-state index contributed by atoms with van der Waals surface area (Å²) >= 11 is 0. The Morgan fingerprint density at radius 1 is 1.28 bits per heavy atom. The van der Waals surface area contributed by atoms with Crippen LogP contribution in [0.3, 0.4) is 0 Å². The summed E-state index contributed by atoms with van der Waals surface area (Å²) in [5.74, 6) is 0.819. The molecule has 0 radical (unpaired) electrons. The highest BCUT2D eigenvalue weighted by Crippen LogP contribution is 2.52. The van der Waals surface area contributed by atoms with E-state index in [1.54, 1.807) is 0 Å². The van der Waals surface area contributed by atoms with Crippen molar-refractivity contribution in [3.63, 3.8) is 0 Å². The number of amides is 1. The molecule has 1 aliphatic carbocycles. The topological polar surface area (TPSA) is 74.2 Å². The number of hydrogen-bond acceptors (Lipinski definition) is 5. The smallest absolute Gasteiger partial charge is 0.261 e. The van der Waals surface area contributed by atoms with Gasteiger partial charge in [-0.15, -0.1) is 0 Å². The van der Waals surface area contributed by atoms with E-state index in [9.17, 15) is 9.90 Å². The van der Waals surface area contributed by atoms with Crippen LogP contribution in [0.4, 0.5) is 0 Å². The average Bonchev–Trinajstić information content (AvgIpc) is 2.91. The monoisotopic (exact) mass is 461 g/mol. The van der Waals surface area contributed by atoms with Crippen molar-refractivity contribution in [3.8, 4) is 0 Å². The van der Waals surface area contributed by atoms with Gasteiger partial charge in [0, 0.05) is 11.9 Å². The molecular formula is C25H40N3O3P. The van der Waals surface area contributed by atoms with E-state index in [0.29, 0.717) is 30.5 Å². The van der Waals surface area contributed by atoms with E-state index in [1.807, 2.05) is 11.8 Å². The fourth-order valence-corrected chi connectivity index (χ4v) is 6.01. The molecule has 0 bridgehead atoms. The maximum atomic E-state index is 13.7. The Labute approximate surface area is 194 Å². The third-order valence-corrected chi connectivity index (χ3v) is 8.09. The van der Waals surface area contributed by atoms with Gasteiger partial charge in [-0.25, -0.2) is 4.99 Å². The Morgan fingerprint density at radius 3 is 2.50 bits per heavy atom. The fraction of sp³-hybridized carbons (Fsp3) is 0.680. The third kappa shape index (κ3) is 4.97. The summed E-state index contributed by atoms with van der Waals surface area (Å²) in [6, 6.07) is -0.377. The van der Waals surface area contributed by atoms with Crippen LogP contribution in [0.25, 0.3) is 0 Å². The second-order valence-corrected chi connectivity index (χ2v) is 13.0. The first kappa shape index (κ1) is 25.0. The van der Waals surface area contributed by atoms with Crippen molar-refractivity contribution in [2.45, 2.75) is 81.2 Å². The molecule has 6 nitrogen and oxygen atoms in total. The molecule has 0 saturated heterocycles. The number of carbonyl (C=O) groups excluding carboxylic acids is 1. The lowest BCUT2D eigenvalue weighted by atomic mass is 9.84. The Balaban J connectivity index is 2.04. The van der Waals surface area contributed by atoms with Gasteiger partial charge in [-0.1, -0.05) is 54.0 Å². The number of nitrogens with zero attached hydrogens (tertiary/aromatic N) is 2. The number of aliphatic imine (C=N–C) groups is 1. The largest absolute Gasteiger partial charge is 0.509 e. The third-order valence-electron chi connectivity index (χ3n) is 6.33. The Hall–Kier alpha value is -1.65. The van der Waals surface area contributed by atoms with Gasteiger partial charge in [0.05, 0.1) is 18.3 Å². The highest BCUT2D eigenvalue weighted by Gasteiger charge is 2.48. The summed E-state index contributed by atoms with van der Waals surface area (Å²) < 4.78 is 6.05. The molecule has 0 spiro atoms. The van der Waals surface area contributed by atoms with E-state index in [0.717, 1.165) is 23.9 Å². The van der Waals surface area contributed by atoms with Crippen LogP contribution in [0.5, 0.6) is 0 Å². The quantitative estimate of drug-likeness (QED) is 0.490. The van der Waals surface area contributed by atoms with E-state index in [2.05, 4.69) is 66.6 Å². The molecule has 0 fully saturated rings. The van der Waals surface area contributed by atoms with E-state index in [4.69, 9.17) is 9.52 Å². The maximum Gasteiger partial charge on any atom is 0.261 e. The van der Waals surface area contributed by atoms with Gasteiger partial charge in [-0.3, -0.25) is 4.79 Å². The number of allylic oxidation sites excluding steroid dienone is 4. The molecule has 178 valence electrons. The van der Waals surface area contributed by atoms with Crippen LogP contribution in [0, 0.1) is 16.7 Å². The number of rotatable bonds is 5. The second kappa shape index (κ2) is 8.95. The van der Waals surface area contributed by atoms with Gasteiger partial charge in [0.15, 0.2) is 8.30 Å². The minimum absolute atomic E-state index is 0.0904. The summed E-state index contributed by atoms with van der Waals surface area (Å²) in [6.07, 6.45) is 3.85. The first-order valence-electron chi connectivity index (χ1n) is 11.7. The molecule has 3 atom stereocenters. The minimum Gasteiger partial charge on any atom is -0.509 e. The van der Waals surface area contributed by atoms with Gasteiger partial charge >= 0.3 is 0 Å². The molecule has 0 saturated carbocycles. The lowest BCUT2D eigenvalue weighted by Crippen LogP contribution is -2.45. The standard InChI is InChI=1S/C25H40N3O3P/c1-10-31-32-18-14-16(3)15(2)13-17(18)26-22(27-32)19-20(29)21(25(7,8)9)28(23(19)30)12-11-24(4,5)6/h14-15,21,29H,10-13H2,1-9H3,(H,26,27). The van der Waals surface area contributed by atoms with Gasteiger partial charge in [-0.2, -0.15) is 0 Å². The van der Waals surface area contributed by atoms with Crippen molar-refractivity contribution in [1.29, 1.82) is 0 Å². The molecule has 3 aliphatic rings. The predicted octanol–water partition coefficient (Wildman–Crippen LogP) is 6.04. The number of aliphatic hydroxyl groups excluding tert-OH is 1. The molecule has 0 aromatic heterocycles. The SMILES string of the molecule is CCOP1NC(C2=C(O)C(C(C)(C)C)N(CCC(C)(C)C)C2=O)=NC2=C1C=C(C)C(C)C2. The molecule has 2 heterocycles. The van der Waals surface area contributed by atoms with Crippen molar-refractivity contribution in [2.75, 3.05) is 13.2 Å². The van der Waals surface area contributed by atoms with Crippen molar-refractivity contribution in [2.24, 2.45) is 21.7 Å². The highest BCUT2D eigenvalue weighted by molar-refractivity contribution is 7.56. The number of aliphatic hydroxyl groups is 1. The molecule has 3 unspecified atom stereocenters. The number of nitrogens with one attached hydrogen (secondary N) is 1. The van der Waals surface area contributed by atoms with Gasteiger partial charge in [0.1, 0.15) is 17.2 Å². The van der Waals surface area contributed by atoms with Gasteiger partial charge in [0.2, 0.25) is 0 Å². The van der Waals surface area contributed by atoms with Gasteiger partial charge in [0.25, 0.3) is 5.91 Å². The van der Waals surface area contributed by atoms with Crippen LogP contribution in [0.2, 0.25) is 0 Å². The van der Waals surface area contributed by atoms with E-state index in [-0.39, 0.29) is 28.5 Å². The van der Waals surface area contributed by atoms with Crippen molar-refractivity contribution < 1.29 is 14.4 Å². The van der Waals surface area contributed by atoms with E-state index < -0.39 is 8.30 Å². The van der Waals surface area contributed by atoms with Gasteiger partial charge < -0.3 is 19.6 Å². The molecule has 32 heavy (non-hydrogen) atoms. The molecule has 0 aromatic carbocycles. The molecular weight excluding hydrogens is 421 g/mol. The van der Waals surface area contributed by atoms with Crippen LogP contribution in [-0.4, -0.2) is 40.9 Å². The molecule has 2 aliphatic heterocycles. The molecule has 1 amide bonds. The lowest BCUT2D eigenvalue weighted by Gasteiger charge is -2.36. The zero-order valence-electron chi connectivity index (χ0n) is 21.2. The number of carbonyl (C=O) groups is 1. The summed E-state index contributed by atoms with van der Waals surface area (Å²) in [4.78, 5) is 20.4. The Morgan fingerprint density at radius 2 is 1.94 bits per heavy atom. The fourth-order valence-electron chi connectivity index (χ4n) is 4.38. The molecule has 0 aromatic rings. The second-order valence-electron chi connectivity index (χ2n) is 11.4. The Kier molecular flexibility index (Phi) is 6.98. The molecule has 2 N–H and O–H groups in total. The van der Waals surface area contributed by atoms with Crippen LogP contribution in [0.1, 0.15) is 75.2 Å². The Bertz CT molecular complexity index is 902. The predicted molar refractivity (Wildman–Crippen MR) is 132 cm³/mol. The number of hydrogen-bond donors (Lipinski definition) is 2. The lowest BCUT2D eigenvalue weighted by molar-refractivity contribution is -0.128.